The first-order chi connectivity index (χ1) is 7.20. The van der Waals surface area contributed by atoms with E-state index in [0.717, 1.165) is 0 Å². The molecule has 0 aromatic heterocycles. The molecule has 13 nitrogen and oxygen atoms in total. The largest absolute Gasteiger partial charge is 3.00 e. The molecule has 0 rings (SSSR count). The first-order valence-electron chi connectivity index (χ1n) is 2.54. The smallest absolute Gasteiger partial charge is 0.672 e. The molecule has 2 N–H and O–H groups in total. The Morgan fingerprint density at radius 1 is 0.632 bits per heavy atom. The Morgan fingerprint density at radius 2 is 0.632 bits per heavy atom. The summed E-state index contributed by atoms with van der Waals surface area (Å²) in [5, 5.41) is 0. The summed E-state index contributed by atoms with van der Waals surface area (Å²) >= 11 is 0. The summed E-state index contributed by atoms with van der Waals surface area (Å²) in [7, 11) is -15.6. The maximum absolute atomic E-state index is 8.74. The fraction of sp³-hybridized carbons (Fsp3) is 0. The van der Waals surface area contributed by atoms with Crippen molar-refractivity contribution in [3.8, 4) is 0 Å². The van der Waals surface area contributed by atoms with E-state index in [2.05, 4.69) is 0 Å². The molecule has 104 valence electrons. The normalized spacial score (nSPS) is 6.84. The van der Waals surface area contributed by atoms with Crippen LogP contribution in [-0.2, 0) is 23.8 Å². The van der Waals surface area contributed by atoms with Gasteiger partial charge in [-0.1, -0.05) is 0 Å². The zero-order chi connectivity index (χ0) is 15.2. The van der Waals surface area contributed by atoms with Crippen LogP contribution in [0, 0.1) is 0 Å². The van der Waals surface area contributed by atoms with Crippen molar-refractivity contribution in [1.82, 2.24) is 0 Å². The van der Waals surface area contributed by atoms with E-state index >= 15 is 0 Å². The zero-order valence-electron chi connectivity index (χ0n) is 8.45. The second kappa shape index (κ2) is 22.9. The molecular weight excluding hydrogens is 378 g/mol. The minimum absolute atomic E-state index is 0. The summed E-state index contributed by atoms with van der Waals surface area (Å²) in [6.45, 7) is 0. The first-order valence-corrected chi connectivity index (χ1v) is 7.61. The van der Waals surface area contributed by atoms with Crippen molar-refractivity contribution < 1.29 is 59.7 Å². The van der Waals surface area contributed by atoms with Crippen LogP contribution in [0.15, 0.2) is 0 Å². The van der Waals surface area contributed by atoms with Crippen LogP contribution in [0.3, 0.4) is 0 Å². The zero-order valence-corrected chi connectivity index (χ0v) is 14.6. The SMILES string of the molecule is O=S(=O)(O)O.O=[Si]([O-])[O-].O=[Si]([O-])[O-].O=[Si]([O-])[O-].[Al+3].[Al+3]. The van der Waals surface area contributed by atoms with Crippen LogP contribution in [0.1, 0.15) is 0 Å². The van der Waals surface area contributed by atoms with Crippen LogP contribution in [-0.4, -0.2) is 79.8 Å². The molecule has 0 aliphatic rings. The van der Waals surface area contributed by atoms with Gasteiger partial charge in [0.1, 0.15) is 0 Å². The molecule has 0 heterocycles. The topological polar surface area (TPSA) is 264 Å². The van der Waals surface area contributed by atoms with Gasteiger partial charge in [0.15, 0.2) is 0 Å². The second-order valence-electron chi connectivity index (χ2n) is 1.20. The predicted molar refractivity (Wildman–Crippen MR) is 45.0 cm³/mol. The van der Waals surface area contributed by atoms with Gasteiger partial charge < -0.3 is 42.2 Å². The van der Waals surface area contributed by atoms with Crippen molar-refractivity contribution in [1.29, 1.82) is 0 Å². The number of rotatable bonds is 0. The molecule has 0 spiro atoms. The average Bonchev–Trinajstić information content (AvgIpc) is 1.73. The predicted octanol–water partition coefficient (Wildman–Crippen LogP) is -10.0. The van der Waals surface area contributed by atoms with Gasteiger partial charge in [-0.15, -0.1) is 0 Å². The van der Waals surface area contributed by atoms with Gasteiger partial charge in [0, 0.05) is 27.5 Å². The van der Waals surface area contributed by atoms with Gasteiger partial charge >= 0.3 is 45.1 Å². The van der Waals surface area contributed by atoms with E-state index in [1.54, 1.807) is 0 Å². The fourth-order valence-corrected chi connectivity index (χ4v) is 0. The summed E-state index contributed by atoms with van der Waals surface area (Å²) in [5.74, 6) is 0. The van der Waals surface area contributed by atoms with Gasteiger partial charge in [0.2, 0.25) is 0 Å². The van der Waals surface area contributed by atoms with E-state index in [4.69, 9.17) is 59.7 Å². The number of hydrogen-bond donors (Lipinski definition) is 2. The van der Waals surface area contributed by atoms with Crippen molar-refractivity contribution in [3.63, 3.8) is 0 Å². The van der Waals surface area contributed by atoms with Gasteiger partial charge in [-0.25, -0.2) is 0 Å². The van der Waals surface area contributed by atoms with Crippen LogP contribution in [0.5, 0.6) is 0 Å². The van der Waals surface area contributed by atoms with E-state index in [1.807, 2.05) is 0 Å². The van der Waals surface area contributed by atoms with E-state index < -0.39 is 37.9 Å². The van der Waals surface area contributed by atoms with Gasteiger partial charge in [-0.05, 0) is 0 Å². The van der Waals surface area contributed by atoms with Crippen molar-refractivity contribution in [2.45, 2.75) is 0 Å². The molecule has 0 saturated heterocycles. The molecule has 0 bridgehead atoms. The number of hydrogen-bond acceptors (Lipinski definition) is 11. The van der Waals surface area contributed by atoms with Crippen molar-refractivity contribution in [2.24, 2.45) is 0 Å². The fourth-order valence-electron chi connectivity index (χ4n) is 0. The molecular formula is H2Al2O13SSi3. The summed E-state index contributed by atoms with van der Waals surface area (Å²) in [5.41, 5.74) is 0. The third kappa shape index (κ3) is 96400. The Labute approximate surface area is 132 Å². The first kappa shape index (κ1) is 36.4. The Bertz CT molecular complexity index is 272. The third-order valence-corrected chi connectivity index (χ3v) is 0. The van der Waals surface area contributed by atoms with Crippen LogP contribution in [0.25, 0.3) is 0 Å². The monoisotopic (exact) mass is 380 g/mol. The molecule has 19 heteroatoms. The maximum atomic E-state index is 8.74. The molecule has 0 unspecified atom stereocenters. The quantitative estimate of drug-likeness (QED) is 0.292. The molecule has 0 aliphatic heterocycles. The molecule has 0 atom stereocenters. The second-order valence-corrected chi connectivity index (χ2v) is 3.59. The molecule has 0 aromatic rings. The van der Waals surface area contributed by atoms with E-state index in [1.165, 1.54) is 0 Å². The molecule has 0 fully saturated rings. The van der Waals surface area contributed by atoms with Crippen molar-refractivity contribution in [2.75, 3.05) is 0 Å². The molecule has 0 radical (unpaired) electrons. The van der Waals surface area contributed by atoms with E-state index in [9.17, 15) is 0 Å². The standard InChI is InChI=1S/2Al.H2O4S.3O3Si/c;;1-5(2,3)4;3*1-4(2)3/h;;(H2,1,2,3,4);;;/q2*+3;;3*-2. The van der Waals surface area contributed by atoms with Crippen molar-refractivity contribution in [3.05, 3.63) is 0 Å². The summed E-state index contributed by atoms with van der Waals surface area (Å²) in [4.78, 5) is 51.1. The van der Waals surface area contributed by atoms with Crippen LogP contribution >= 0.6 is 0 Å². The van der Waals surface area contributed by atoms with Gasteiger partial charge in [-0.3, -0.25) is 9.11 Å². The van der Waals surface area contributed by atoms with Crippen molar-refractivity contribution >= 4 is 72.6 Å². The summed E-state index contributed by atoms with van der Waals surface area (Å²) < 4.78 is 57.1. The minimum atomic E-state index is -4.67. The van der Waals surface area contributed by atoms with E-state index in [0.29, 0.717) is 0 Å². The van der Waals surface area contributed by atoms with Crippen LogP contribution in [0.2, 0.25) is 0 Å². The Kier molecular flexibility index (Phi) is 43.9. The minimum Gasteiger partial charge on any atom is -0.672 e. The van der Waals surface area contributed by atoms with E-state index in [-0.39, 0.29) is 34.7 Å². The Balaban J connectivity index is -0.0000000288. The molecule has 0 saturated carbocycles. The van der Waals surface area contributed by atoms with Crippen LogP contribution in [0.4, 0.5) is 0 Å². The molecule has 0 aromatic carbocycles. The molecule has 19 heavy (non-hydrogen) atoms. The van der Waals surface area contributed by atoms with Gasteiger partial charge in [0.25, 0.3) is 0 Å². The Hall–Kier alpha value is -0.214. The average molecular weight is 380 g/mol. The summed E-state index contributed by atoms with van der Waals surface area (Å²) in [6, 6.07) is 0. The maximum Gasteiger partial charge on any atom is 3.00 e. The van der Waals surface area contributed by atoms with Crippen LogP contribution < -0.4 is 28.8 Å². The summed E-state index contributed by atoms with van der Waals surface area (Å²) in [6.07, 6.45) is 0. The molecule has 0 amide bonds. The van der Waals surface area contributed by atoms with Gasteiger partial charge in [0.05, 0.1) is 0 Å². The third-order valence-electron chi connectivity index (χ3n) is 0. The Morgan fingerprint density at radius 3 is 0.632 bits per heavy atom. The van der Waals surface area contributed by atoms with Gasteiger partial charge in [-0.2, -0.15) is 8.42 Å². The molecule has 0 aliphatic carbocycles.